The Labute approximate surface area is 237 Å². The molecule has 5 aromatic rings. The predicted molar refractivity (Wildman–Crippen MR) is 159 cm³/mol. The molecule has 0 aliphatic carbocycles. The van der Waals surface area contributed by atoms with E-state index in [1.807, 2.05) is 69.5 Å². The van der Waals surface area contributed by atoms with Crippen LogP contribution in [-0.2, 0) is 4.74 Å². The van der Waals surface area contributed by atoms with Crippen molar-refractivity contribution in [3.63, 3.8) is 0 Å². The van der Waals surface area contributed by atoms with Crippen LogP contribution in [0.15, 0.2) is 71.5 Å². The molecule has 0 radical (unpaired) electrons. The number of esters is 1. The van der Waals surface area contributed by atoms with Gasteiger partial charge in [0, 0.05) is 49.5 Å². The second kappa shape index (κ2) is 10.4. The summed E-state index contributed by atoms with van der Waals surface area (Å²) in [6.07, 6.45) is -0.615. The van der Waals surface area contributed by atoms with Crippen LogP contribution < -0.4 is 5.43 Å². The fraction of sp³-hybridized carbons (Fsp3) is 0.188. The van der Waals surface area contributed by atoms with E-state index in [-0.39, 0.29) is 5.43 Å². The lowest BCUT2D eigenvalue weighted by molar-refractivity contribution is 0.0338. The van der Waals surface area contributed by atoms with Gasteiger partial charge in [0.1, 0.15) is 6.10 Å². The standard InChI is InChI=1S/C32H28Cl2N2O3/c1-17-6-7-18(2)31(27-16-29(37)24-14-22(33)10-12-26(24)35-27)30(17)21(5)39-32(38)25-15-23(34)11-13-28(25)36-19(3)8-9-20(36)4/h6-16,21H,1-5H3,(H,35,37). The van der Waals surface area contributed by atoms with Gasteiger partial charge in [-0.05, 0) is 94.3 Å². The zero-order valence-corrected chi connectivity index (χ0v) is 23.9. The number of aromatic amines is 1. The van der Waals surface area contributed by atoms with Crippen LogP contribution in [0, 0.1) is 27.7 Å². The molecule has 39 heavy (non-hydrogen) atoms. The van der Waals surface area contributed by atoms with Crippen LogP contribution in [0.4, 0.5) is 0 Å². The van der Waals surface area contributed by atoms with Crippen LogP contribution in [0.2, 0.25) is 10.0 Å². The summed E-state index contributed by atoms with van der Waals surface area (Å²) in [6, 6.07) is 20.0. The molecule has 1 atom stereocenters. The highest BCUT2D eigenvalue weighted by Crippen LogP contribution is 2.36. The predicted octanol–water partition coefficient (Wildman–Crippen LogP) is 8.44. The Bertz CT molecular complexity index is 1800. The van der Waals surface area contributed by atoms with Gasteiger partial charge in [0.15, 0.2) is 5.43 Å². The van der Waals surface area contributed by atoms with Crippen molar-refractivity contribution in [1.82, 2.24) is 9.55 Å². The van der Waals surface area contributed by atoms with E-state index in [1.54, 1.807) is 36.4 Å². The Kier molecular flexibility index (Phi) is 7.15. The van der Waals surface area contributed by atoms with Gasteiger partial charge in [0.2, 0.25) is 0 Å². The second-order valence-corrected chi connectivity index (χ2v) is 10.8. The number of halogens is 2. The maximum Gasteiger partial charge on any atom is 0.340 e. The zero-order chi connectivity index (χ0) is 28.0. The number of benzene rings is 3. The molecule has 0 fully saturated rings. The van der Waals surface area contributed by atoms with E-state index in [0.29, 0.717) is 37.9 Å². The van der Waals surface area contributed by atoms with Crippen molar-refractivity contribution in [3.8, 4) is 16.9 Å². The van der Waals surface area contributed by atoms with Crippen LogP contribution in [0.3, 0.4) is 0 Å². The third kappa shape index (κ3) is 5.00. The highest BCUT2D eigenvalue weighted by Gasteiger charge is 2.24. The molecule has 0 amide bonds. The first-order chi connectivity index (χ1) is 18.5. The minimum atomic E-state index is -0.615. The first-order valence-corrected chi connectivity index (χ1v) is 13.4. The summed E-state index contributed by atoms with van der Waals surface area (Å²) in [7, 11) is 0. The molecule has 1 N–H and O–H groups in total. The summed E-state index contributed by atoms with van der Waals surface area (Å²) in [4.78, 5) is 30.1. The van der Waals surface area contributed by atoms with Gasteiger partial charge in [0.25, 0.3) is 0 Å². The Morgan fingerprint density at radius 3 is 2.21 bits per heavy atom. The first-order valence-electron chi connectivity index (χ1n) is 12.6. The molecule has 0 aliphatic rings. The number of nitrogens with one attached hydrogen (secondary N) is 1. The molecular weight excluding hydrogens is 531 g/mol. The number of hydrogen-bond donors (Lipinski definition) is 1. The van der Waals surface area contributed by atoms with Crippen LogP contribution in [0.25, 0.3) is 27.8 Å². The zero-order valence-electron chi connectivity index (χ0n) is 22.4. The summed E-state index contributed by atoms with van der Waals surface area (Å²) in [5.74, 6) is -0.485. The van der Waals surface area contributed by atoms with E-state index in [1.165, 1.54) is 0 Å². The van der Waals surface area contributed by atoms with Crippen LogP contribution in [0.5, 0.6) is 0 Å². The molecule has 198 valence electrons. The highest BCUT2D eigenvalue weighted by molar-refractivity contribution is 6.31. The normalized spacial score (nSPS) is 12.1. The third-order valence-corrected chi connectivity index (χ3v) is 7.58. The molecule has 0 aliphatic heterocycles. The van der Waals surface area contributed by atoms with Crippen molar-refractivity contribution in [2.24, 2.45) is 0 Å². The Morgan fingerprint density at radius 2 is 1.49 bits per heavy atom. The van der Waals surface area contributed by atoms with Gasteiger partial charge in [0.05, 0.1) is 16.9 Å². The van der Waals surface area contributed by atoms with E-state index in [2.05, 4.69) is 4.98 Å². The van der Waals surface area contributed by atoms with Crippen molar-refractivity contribution in [3.05, 3.63) is 121 Å². The molecule has 2 aromatic heterocycles. The molecule has 5 rings (SSSR count). The molecule has 7 heteroatoms. The smallest absolute Gasteiger partial charge is 0.340 e. The molecule has 2 heterocycles. The van der Waals surface area contributed by atoms with Crippen molar-refractivity contribution in [1.29, 1.82) is 0 Å². The van der Waals surface area contributed by atoms with Gasteiger partial charge in [-0.3, -0.25) is 4.79 Å². The first kappa shape index (κ1) is 26.8. The van der Waals surface area contributed by atoms with E-state index in [9.17, 15) is 9.59 Å². The number of carbonyl (C=O) groups excluding carboxylic acids is 1. The van der Waals surface area contributed by atoms with E-state index in [0.717, 1.165) is 33.6 Å². The molecule has 3 aromatic carbocycles. The number of ether oxygens (including phenoxy) is 1. The van der Waals surface area contributed by atoms with Gasteiger partial charge in [-0.15, -0.1) is 0 Å². The number of hydrogen-bond acceptors (Lipinski definition) is 3. The van der Waals surface area contributed by atoms with Crippen molar-refractivity contribution >= 4 is 40.1 Å². The summed E-state index contributed by atoms with van der Waals surface area (Å²) in [6.45, 7) is 9.77. The maximum absolute atomic E-state index is 13.7. The number of carbonyl (C=O) groups is 1. The molecule has 0 bridgehead atoms. The summed E-state index contributed by atoms with van der Waals surface area (Å²) in [5, 5.41) is 1.46. The van der Waals surface area contributed by atoms with Gasteiger partial charge in [-0.25, -0.2) is 4.79 Å². The van der Waals surface area contributed by atoms with E-state index in [4.69, 9.17) is 27.9 Å². The van der Waals surface area contributed by atoms with Crippen LogP contribution >= 0.6 is 23.2 Å². The average Bonchev–Trinajstić information content (AvgIpc) is 3.22. The average molecular weight is 559 g/mol. The number of H-pyrrole nitrogens is 1. The van der Waals surface area contributed by atoms with Crippen LogP contribution in [0.1, 0.15) is 51.5 Å². The summed E-state index contributed by atoms with van der Waals surface area (Å²) >= 11 is 12.4. The Balaban J connectivity index is 1.59. The second-order valence-electron chi connectivity index (χ2n) is 9.89. The maximum atomic E-state index is 13.7. The van der Waals surface area contributed by atoms with Gasteiger partial charge >= 0.3 is 5.97 Å². The fourth-order valence-electron chi connectivity index (χ4n) is 5.27. The molecule has 0 saturated carbocycles. The molecule has 1 unspecified atom stereocenters. The summed E-state index contributed by atoms with van der Waals surface area (Å²) < 4.78 is 8.11. The van der Waals surface area contributed by atoms with Crippen LogP contribution in [-0.4, -0.2) is 15.5 Å². The minimum absolute atomic E-state index is 0.140. The number of nitrogens with zero attached hydrogens (tertiary/aromatic N) is 1. The van der Waals surface area contributed by atoms with Crippen molar-refractivity contribution in [2.45, 2.75) is 40.7 Å². The van der Waals surface area contributed by atoms with Gasteiger partial charge in [-0.1, -0.05) is 35.3 Å². The minimum Gasteiger partial charge on any atom is -0.454 e. The third-order valence-electron chi connectivity index (χ3n) is 7.11. The lowest BCUT2D eigenvalue weighted by atomic mass is 9.91. The molecule has 0 saturated heterocycles. The number of pyridine rings is 1. The SMILES string of the molecule is Cc1ccc(C)c(C(C)OC(=O)c2cc(Cl)ccc2-n2c(C)ccc2C)c1-c1cc(=O)c2cc(Cl)ccc2[nH]1. The monoisotopic (exact) mass is 558 g/mol. The van der Waals surface area contributed by atoms with E-state index < -0.39 is 12.1 Å². The fourth-order valence-corrected chi connectivity index (χ4v) is 5.61. The quantitative estimate of drug-likeness (QED) is 0.220. The topological polar surface area (TPSA) is 64.1 Å². The molecular formula is C32H28Cl2N2O3. The number of fused-ring (bicyclic) bond motifs is 1. The lowest BCUT2D eigenvalue weighted by Gasteiger charge is -2.23. The highest BCUT2D eigenvalue weighted by atomic mass is 35.5. The van der Waals surface area contributed by atoms with E-state index >= 15 is 0 Å². The summed E-state index contributed by atoms with van der Waals surface area (Å²) in [5.41, 5.74) is 7.80. The number of aromatic nitrogens is 2. The Morgan fingerprint density at radius 1 is 0.846 bits per heavy atom. The molecule has 0 spiro atoms. The van der Waals surface area contributed by atoms with Crippen molar-refractivity contribution in [2.75, 3.05) is 0 Å². The Hall–Kier alpha value is -3.80. The largest absolute Gasteiger partial charge is 0.454 e. The van der Waals surface area contributed by atoms with Gasteiger partial charge < -0.3 is 14.3 Å². The number of aryl methyl sites for hydroxylation is 4. The van der Waals surface area contributed by atoms with Crippen molar-refractivity contribution < 1.29 is 9.53 Å². The van der Waals surface area contributed by atoms with Gasteiger partial charge in [-0.2, -0.15) is 0 Å². The lowest BCUT2D eigenvalue weighted by Crippen LogP contribution is -2.15. The number of rotatable bonds is 5. The molecule has 5 nitrogen and oxygen atoms in total.